The largest absolute Gasteiger partial charge is 0.508 e. The first-order chi connectivity index (χ1) is 11.4. The summed E-state index contributed by atoms with van der Waals surface area (Å²) in [6.07, 6.45) is 1.16. The molecule has 6 heteroatoms. The average Bonchev–Trinajstić information content (AvgIpc) is 2.90. The van der Waals surface area contributed by atoms with Gasteiger partial charge in [-0.2, -0.15) is 0 Å². The van der Waals surface area contributed by atoms with E-state index in [2.05, 4.69) is 41.3 Å². The van der Waals surface area contributed by atoms with Gasteiger partial charge in [0, 0.05) is 31.7 Å². The van der Waals surface area contributed by atoms with Crippen molar-refractivity contribution in [1.29, 1.82) is 0 Å². The number of phenolic OH excluding ortho intramolecular Hbond substituents is 1. The zero-order valence-corrected chi connectivity index (χ0v) is 14.8. The summed E-state index contributed by atoms with van der Waals surface area (Å²) in [6.45, 7) is 10.5. The molecule has 1 heterocycles. The molecule has 0 atom stereocenters. The molecule has 0 bridgehead atoms. The molecule has 0 spiro atoms. The summed E-state index contributed by atoms with van der Waals surface area (Å²) in [5, 5.41) is 15.4. The van der Waals surface area contributed by atoms with Crippen LogP contribution in [0.15, 0.2) is 29.3 Å². The van der Waals surface area contributed by atoms with E-state index in [0.717, 1.165) is 32.0 Å². The number of nitrogens with one attached hydrogen (secondary N) is 2. The molecule has 1 amide bonds. The Labute approximate surface area is 144 Å². The molecule has 0 unspecified atom stereocenters. The average molecular weight is 332 g/mol. The summed E-state index contributed by atoms with van der Waals surface area (Å²) in [4.78, 5) is 18.9. The van der Waals surface area contributed by atoms with E-state index in [4.69, 9.17) is 0 Å². The molecule has 0 saturated carbocycles. The molecule has 2 rings (SSSR count). The minimum atomic E-state index is -0.155. The molecule has 6 nitrogen and oxygen atoms in total. The van der Waals surface area contributed by atoms with Gasteiger partial charge < -0.3 is 20.6 Å². The number of benzene rings is 1. The Balaban J connectivity index is 1.84. The lowest BCUT2D eigenvalue weighted by atomic mass is 9.93. The van der Waals surface area contributed by atoms with Crippen LogP contribution in [0.4, 0.5) is 0 Å². The number of amides is 1. The maximum atomic E-state index is 12.0. The predicted octanol–water partition coefficient (Wildman–Crippen LogP) is 1.82. The number of guanidine groups is 1. The second-order valence-electron chi connectivity index (χ2n) is 6.87. The van der Waals surface area contributed by atoms with E-state index in [9.17, 15) is 9.90 Å². The van der Waals surface area contributed by atoms with Crippen molar-refractivity contribution in [3.63, 3.8) is 0 Å². The Bertz CT molecular complexity index is 581. The Kier molecular flexibility index (Phi) is 6.06. The van der Waals surface area contributed by atoms with Gasteiger partial charge in [0.1, 0.15) is 5.75 Å². The first kappa shape index (κ1) is 18.1. The van der Waals surface area contributed by atoms with Gasteiger partial charge >= 0.3 is 0 Å². The minimum Gasteiger partial charge on any atom is -0.508 e. The first-order valence-corrected chi connectivity index (χ1v) is 8.52. The number of nitrogens with zero attached hydrogens (tertiary/aromatic N) is 2. The molecule has 1 aromatic carbocycles. The van der Waals surface area contributed by atoms with Gasteiger partial charge in [-0.15, -0.1) is 0 Å². The molecule has 0 radical (unpaired) electrons. The van der Waals surface area contributed by atoms with Crippen LogP contribution in [-0.4, -0.2) is 54.6 Å². The topological polar surface area (TPSA) is 77.0 Å². The lowest BCUT2D eigenvalue weighted by Crippen LogP contribution is -2.41. The number of aliphatic imine (C=N–C) groups is 1. The van der Waals surface area contributed by atoms with Gasteiger partial charge in [-0.05, 0) is 43.0 Å². The highest BCUT2D eigenvalue weighted by Gasteiger charge is 2.30. The third kappa shape index (κ3) is 5.15. The zero-order chi connectivity index (χ0) is 17.6. The Morgan fingerprint density at radius 1 is 1.29 bits per heavy atom. The number of carbonyl (C=O) groups excluding carboxylic acids is 1. The van der Waals surface area contributed by atoms with Crippen LogP contribution in [0.5, 0.6) is 5.75 Å². The number of hydrogen-bond acceptors (Lipinski definition) is 3. The fraction of sp³-hybridized carbons (Fsp3) is 0.556. The third-order valence-electron chi connectivity index (χ3n) is 4.10. The molecule has 3 N–H and O–H groups in total. The monoisotopic (exact) mass is 332 g/mol. The molecule has 132 valence electrons. The lowest BCUT2D eigenvalue weighted by Gasteiger charge is -2.23. The molecule has 1 aromatic rings. The van der Waals surface area contributed by atoms with Crippen molar-refractivity contribution in [2.45, 2.75) is 27.2 Å². The van der Waals surface area contributed by atoms with Crippen LogP contribution in [0.3, 0.4) is 0 Å². The maximum absolute atomic E-state index is 12.0. The van der Waals surface area contributed by atoms with Crippen molar-refractivity contribution in [2.24, 2.45) is 10.4 Å². The van der Waals surface area contributed by atoms with E-state index in [1.807, 2.05) is 0 Å². The predicted molar refractivity (Wildman–Crippen MR) is 96.4 cm³/mol. The van der Waals surface area contributed by atoms with Crippen LogP contribution in [0, 0.1) is 5.41 Å². The number of hydrogen-bond donors (Lipinski definition) is 3. The van der Waals surface area contributed by atoms with Crippen molar-refractivity contribution >= 4 is 11.9 Å². The molecule has 0 aromatic heterocycles. The summed E-state index contributed by atoms with van der Waals surface area (Å²) >= 11 is 0. The van der Waals surface area contributed by atoms with Crippen molar-refractivity contribution in [2.75, 3.05) is 32.7 Å². The lowest BCUT2D eigenvalue weighted by molar-refractivity contribution is 0.0955. The number of likely N-dealkylation sites (tertiary alicyclic amines) is 1. The molecule has 0 aliphatic carbocycles. The van der Waals surface area contributed by atoms with Gasteiger partial charge in [-0.25, -0.2) is 0 Å². The van der Waals surface area contributed by atoms with Crippen molar-refractivity contribution in [3.8, 4) is 5.75 Å². The van der Waals surface area contributed by atoms with Crippen molar-refractivity contribution in [3.05, 3.63) is 29.8 Å². The Morgan fingerprint density at radius 3 is 2.58 bits per heavy atom. The summed E-state index contributed by atoms with van der Waals surface area (Å²) < 4.78 is 0. The van der Waals surface area contributed by atoms with Crippen molar-refractivity contribution in [1.82, 2.24) is 15.5 Å². The SMILES string of the molecule is CCNC(=NCCNC(=O)c1ccc(O)cc1)N1CCC(C)(C)C1. The smallest absolute Gasteiger partial charge is 0.251 e. The van der Waals surface area contributed by atoms with E-state index in [1.54, 1.807) is 12.1 Å². The highest BCUT2D eigenvalue weighted by atomic mass is 16.3. The summed E-state index contributed by atoms with van der Waals surface area (Å²) in [5.74, 6) is 0.916. The number of carbonyl (C=O) groups is 1. The maximum Gasteiger partial charge on any atom is 0.251 e. The number of rotatable bonds is 5. The van der Waals surface area contributed by atoms with Gasteiger partial charge in [0.2, 0.25) is 0 Å². The molecule has 1 fully saturated rings. The second kappa shape index (κ2) is 8.04. The molecular weight excluding hydrogens is 304 g/mol. The summed E-state index contributed by atoms with van der Waals surface area (Å²) in [6, 6.07) is 6.21. The zero-order valence-electron chi connectivity index (χ0n) is 14.8. The minimum absolute atomic E-state index is 0.153. The molecule has 1 aliphatic heterocycles. The van der Waals surface area contributed by atoms with Gasteiger partial charge in [-0.1, -0.05) is 13.8 Å². The van der Waals surface area contributed by atoms with E-state index in [0.29, 0.717) is 24.1 Å². The van der Waals surface area contributed by atoms with Crippen LogP contribution in [0.1, 0.15) is 37.6 Å². The molecule has 1 saturated heterocycles. The second-order valence-corrected chi connectivity index (χ2v) is 6.87. The quantitative estimate of drug-likeness (QED) is 0.437. The van der Waals surface area contributed by atoms with Crippen LogP contribution < -0.4 is 10.6 Å². The summed E-state index contributed by atoms with van der Waals surface area (Å²) in [5.41, 5.74) is 0.855. The summed E-state index contributed by atoms with van der Waals surface area (Å²) in [7, 11) is 0. The molecular formula is C18H28N4O2. The standard InChI is InChI=1S/C18H28N4O2/c1-4-19-17(22-12-9-18(2,3)13-22)21-11-10-20-16(24)14-5-7-15(23)8-6-14/h5-8,23H,4,9-13H2,1-3H3,(H,19,21)(H,20,24). The van der Waals surface area contributed by atoms with E-state index < -0.39 is 0 Å². The highest BCUT2D eigenvalue weighted by Crippen LogP contribution is 2.28. The van der Waals surface area contributed by atoms with E-state index in [-0.39, 0.29) is 11.7 Å². The van der Waals surface area contributed by atoms with Crippen LogP contribution in [-0.2, 0) is 0 Å². The Hall–Kier alpha value is -2.24. The van der Waals surface area contributed by atoms with Gasteiger partial charge in [0.25, 0.3) is 5.91 Å². The first-order valence-electron chi connectivity index (χ1n) is 8.52. The van der Waals surface area contributed by atoms with Crippen LogP contribution >= 0.6 is 0 Å². The van der Waals surface area contributed by atoms with Gasteiger partial charge in [0.05, 0.1) is 6.54 Å². The van der Waals surface area contributed by atoms with Gasteiger partial charge in [-0.3, -0.25) is 9.79 Å². The van der Waals surface area contributed by atoms with E-state index >= 15 is 0 Å². The molecule has 24 heavy (non-hydrogen) atoms. The fourth-order valence-electron chi connectivity index (χ4n) is 2.77. The Morgan fingerprint density at radius 2 is 2.00 bits per heavy atom. The van der Waals surface area contributed by atoms with E-state index in [1.165, 1.54) is 12.1 Å². The highest BCUT2D eigenvalue weighted by molar-refractivity contribution is 5.94. The number of phenols is 1. The van der Waals surface area contributed by atoms with Gasteiger partial charge in [0.15, 0.2) is 5.96 Å². The van der Waals surface area contributed by atoms with Crippen LogP contribution in [0.2, 0.25) is 0 Å². The normalized spacial score (nSPS) is 17.0. The fourth-order valence-corrected chi connectivity index (χ4v) is 2.77. The number of aromatic hydroxyl groups is 1. The third-order valence-corrected chi connectivity index (χ3v) is 4.10. The van der Waals surface area contributed by atoms with Crippen molar-refractivity contribution < 1.29 is 9.90 Å². The molecule has 1 aliphatic rings. The van der Waals surface area contributed by atoms with Crippen LogP contribution in [0.25, 0.3) is 0 Å².